The molecule has 0 spiro atoms. The van der Waals surface area contributed by atoms with E-state index in [-0.39, 0.29) is 11.4 Å². The first-order valence-corrected chi connectivity index (χ1v) is 12.1. The molecule has 0 aliphatic rings. The van der Waals surface area contributed by atoms with Crippen molar-refractivity contribution in [3.05, 3.63) is 83.9 Å². The topological polar surface area (TPSA) is 66.5 Å². The van der Waals surface area contributed by atoms with Crippen LogP contribution in [0.1, 0.15) is 11.1 Å². The molecule has 3 aromatic rings. The molecule has 3 aromatic carbocycles. The van der Waals surface area contributed by atoms with Crippen LogP contribution >= 0.6 is 11.8 Å². The standard InChI is InChI=1S/C23H24N2O3S2/c1-17-8-12-19(13-9-17)25(30(27,28)20-14-10-18(2)11-15-20)16-23(26)24-21-6-4-5-7-22(21)29-3/h4-15H,16H2,1-3H3,(H,24,26). The van der Waals surface area contributed by atoms with Crippen LogP contribution in [0.25, 0.3) is 0 Å². The maximum absolute atomic E-state index is 13.4. The third-order valence-electron chi connectivity index (χ3n) is 4.60. The first-order chi connectivity index (χ1) is 14.3. The molecule has 30 heavy (non-hydrogen) atoms. The van der Waals surface area contributed by atoms with Crippen molar-refractivity contribution in [2.75, 3.05) is 22.4 Å². The van der Waals surface area contributed by atoms with E-state index in [9.17, 15) is 13.2 Å². The Hall–Kier alpha value is -2.77. The quantitative estimate of drug-likeness (QED) is 0.533. The summed E-state index contributed by atoms with van der Waals surface area (Å²) in [7, 11) is -3.92. The fourth-order valence-electron chi connectivity index (χ4n) is 2.93. The van der Waals surface area contributed by atoms with E-state index >= 15 is 0 Å². The summed E-state index contributed by atoms with van der Waals surface area (Å²) in [5.74, 6) is -0.409. The van der Waals surface area contributed by atoms with Crippen LogP contribution < -0.4 is 9.62 Å². The van der Waals surface area contributed by atoms with Crippen molar-refractivity contribution in [3.63, 3.8) is 0 Å². The van der Waals surface area contributed by atoms with Gasteiger partial charge >= 0.3 is 0 Å². The number of para-hydroxylation sites is 1. The number of nitrogens with one attached hydrogen (secondary N) is 1. The van der Waals surface area contributed by atoms with E-state index in [0.717, 1.165) is 20.3 Å². The van der Waals surface area contributed by atoms with Gasteiger partial charge in [-0.25, -0.2) is 8.42 Å². The summed E-state index contributed by atoms with van der Waals surface area (Å²) in [6.45, 7) is 3.49. The minimum atomic E-state index is -3.92. The molecule has 3 rings (SSSR count). The highest BCUT2D eigenvalue weighted by Gasteiger charge is 2.27. The SMILES string of the molecule is CSc1ccccc1NC(=O)CN(c1ccc(C)cc1)S(=O)(=O)c1ccc(C)cc1. The maximum Gasteiger partial charge on any atom is 0.264 e. The zero-order valence-corrected chi connectivity index (χ0v) is 18.8. The van der Waals surface area contributed by atoms with Crippen LogP contribution in [-0.2, 0) is 14.8 Å². The molecule has 0 saturated heterocycles. The Bertz CT molecular complexity index is 1130. The van der Waals surface area contributed by atoms with Gasteiger partial charge in [-0.2, -0.15) is 0 Å². The molecule has 156 valence electrons. The van der Waals surface area contributed by atoms with Gasteiger partial charge in [-0.05, 0) is 56.5 Å². The second-order valence-electron chi connectivity index (χ2n) is 6.91. The Kier molecular flexibility index (Phi) is 6.84. The van der Waals surface area contributed by atoms with Crippen LogP contribution in [0.5, 0.6) is 0 Å². The molecule has 0 aromatic heterocycles. The number of amides is 1. The number of benzene rings is 3. The molecule has 0 aliphatic carbocycles. The Morgan fingerprint density at radius 1 is 0.900 bits per heavy atom. The van der Waals surface area contributed by atoms with Crippen LogP contribution in [0.3, 0.4) is 0 Å². The summed E-state index contributed by atoms with van der Waals surface area (Å²) >= 11 is 1.51. The van der Waals surface area contributed by atoms with Crippen molar-refractivity contribution in [1.29, 1.82) is 0 Å². The van der Waals surface area contributed by atoms with E-state index in [1.165, 1.54) is 11.8 Å². The lowest BCUT2D eigenvalue weighted by Gasteiger charge is -2.24. The van der Waals surface area contributed by atoms with Crippen LogP contribution in [0, 0.1) is 13.8 Å². The zero-order valence-electron chi connectivity index (χ0n) is 17.1. The van der Waals surface area contributed by atoms with Gasteiger partial charge in [0, 0.05) is 4.90 Å². The van der Waals surface area contributed by atoms with Crippen LogP contribution in [0.4, 0.5) is 11.4 Å². The minimum absolute atomic E-state index is 0.144. The highest BCUT2D eigenvalue weighted by molar-refractivity contribution is 7.98. The predicted molar refractivity (Wildman–Crippen MR) is 124 cm³/mol. The van der Waals surface area contributed by atoms with Crippen molar-refractivity contribution in [2.24, 2.45) is 0 Å². The minimum Gasteiger partial charge on any atom is -0.323 e. The van der Waals surface area contributed by atoms with Crippen molar-refractivity contribution in [2.45, 2.75) is 23.6 Å². The second kappa shape index (κ2) is 9.36. The summed E-state index contributed by atoms with van der Waals surface area (Å²) in [6, 6.07) is 21.1. The largest absolute Gasteiger partial charge is 0.323 e. The molecule has 0 saturated carbocycles. The number of aryl methyl sites for hydroxylation is 2. The first kappa shape index (κ1) is 21.9. The van der Waals surface area contributed by atoms with E-state index in [1.807, 2.05) is 50.4 Å². The van der Waals surface area contributed by atoms with E-state index in [1.54, 1.807) is 42.5 Å². The number of nitrogens with zero attached hydrogens (tertiary/aromatic N) is 1. The summed E-state index contributed by atoms with van der Waals surface area (Å²) in [4.78, 5) is 13.9. The predicted octanol–water partition coefficient (Wildman–Crippen LogP) is 4.86. The number of hydrogen-bond donors (Lipinski definition) is 1. The Balaban J connectivity index is 1.94. The monoisotopic (exact) mass is 440 g/mol. The number of sulfonamides is 1. The van der Waals surface area contributed by atoms with Gasteiger partial charge in [0.25, 0.3) is 10.0 Å². The van der Waals surface area contributed by atoms with Crippen LogP contribution in [0.15, 0.2) is 82.6 Å². The second-order valence-corrected chi connectivity index (χ2v) is 9.62. The molecule has 5 nitrogen and oxygen atoms in total. The number of anilines is 2. The average Bonchev–Trinajstić information content (AvgIpc) is 2.73. The van der Waals surface area contributed by atoms with Gasteiger partial charge in [0.2, 0.25) is 5.91 Å². The van der Waals surface area contributed by atoms with Gasteiger partial charge in [-0.1, -0.05) is 47.5 Å². The molecule has 0 fully saturated rings. The van der Waals surface area contributed by atoms with Gasteiger partial charge in [0.15, 0.2) is 0 Å². The molecule has 0 atom stereocenters. The smallest absolute Gasteiger partial charge is 0.264 e. The Morgan fingerprint density at radius 2 is 1.47 bits per heavy atom. The first-order valence-electron chi connectivity index (χ1n) is 9.40. The van der Waals surface area contributed by atoms with E-state index in [2.05, 4.69) is 5.32 Å². The number of carbonyl (C=O) groups is 1. The summed E-state index contributed by atoms with van der Waals surface area (Å²) in [5, 5.41) is 2.84. The van der Waals surface area contributed by atoms with E-state index in [4.69, 9.17) is 0 Å². The number of thioether (sulfide) groups is 1. The van der Waals surface area contributed by atoms with Crippen molar-refractivity contribution < 1.29 is 13.2 Å². The molecular weight excluding hydrogens is 416 g/mol. The molecule has 0 heterocycles. The van der Waals surface area contributed by atoms with E-state index in [0.29, 0.717) is 11.4 Å². The van der Waals surface area contributed by atoms with Gasteiger partial charge in [0.1, 0.15) is 6.54 Å². The third kappa shape index (κ3) is 5.04. The van der Waals surface area contributed by atoms with Crippen molar-refractivity contribution in [1.82, 2.24) is 0 Å². The average molecular weight is 441 g/mol. The summed E-state index contributed by atoms with van der Waals surface area (Å²) in [6.07, 6.45) is 1.92. The van der Waals surface area contributed by atoms with Gasteiger partial charge in [-0.15, -0.1) is 11.8 Å². The van der Waals surface area contributed by atoms with Gasteiger partial charge < -0.3 is 5.32 Å². The Labute approximate surface area is 182 Å². The van der Waals surface area contributed by atoms with Crippen LogP contribution in [0.2, 0.25) is 0 Å². The molecule has 0 bridgehead atoms. The number of rotatable bonds is 7. The van der Waals surface area contributed by atoms with Crippen molar-refractivity contribution >= 4 is 39.1 Å². The van der Waals surface area contributed by atoms with Crippen molar-refractivity contribution in [3.8, 4) is 0 Å². The summed E-state index contributed by atoms with van der Waals surface area (Å²) < 4.78 is 27.9. The van der Waals surface area contributed by atoms with Crippen LogP contribution in [-0.4, -0.2) is 27.1 Å². The highest BCUT2D eigenvalue weighted by Crippen LogP contribution is 2.27. The lowest BCUT2D eigenvalue weighted by Crippen LogP contribution is -2.38. The summed E-state index contributed by atoms with van der Waals surface area (Å²) in [5.41, 5.74) is 3.06. The van der Waals surface area contributed by atoms with E-state index < -0.39 is 15.9 Å². The molecule has 0 aliphatic heterocycles. The lowest BCUT2D eigenvalue weighted by molar-refractivity contribution is -0.114. The highest BCUT2D eigenvalue weighted by atomic mass is 32.2. The number of carbonyl (C=O) groups excluding carboxylic acids is 1. The van der Waals surface area contributed by atoms with Gasteiger partial charge in [0.05, 0.1) is 16.3 Å². The third-order valence-corrected chi connectivity index (χ3v) is 7.18. The number of hydrogen-bond acceptors (Lipinski definition) is 4. The molecule has 0 unspecified atom stereocenters. The molecule has 1 N–H and O–H groups in total. The molecular formula is C23H24N2O3S2. The lowest BCUT2D eigenvalue weighted by atomic mass is 10.2. The fourth-order valence-corrected chi connectivity index (χ4v) is 4.91. The normalized spacial score (nSPS) is 11.2. The molecule has 1 amide bonds. The molecule has 7 heteroatoms. The fraction of sp³-hybridized carbons (Fsp3) is 0.174. The maximum atomic E-state index is 13.4. The zero-order chi connectivity index (χ0) is 21.7. The Morgan fingerprint density at radius 3 is 2.07 bits per heavy atom. The van der Waals surface area contributed by atoms with Gasteiger partial charge in [-0.3, -0.25) is 9.10 Å². The molecule has 0 radical (unpaired) electrons.